The van der Waals surface area contributed by atoms with Crippen LogP contribution >= 0.6 is 11.3 Å². The molecule has 2 aromatic carbocycles. The molecule has 5 heteroatoms. The van der Waals surface area contributed by atoms with Gasteiger partial charge in [0.1, 0.15) is 0 Å². The standard InChI is InChI=1S/C22H25N3OS/c1-15-7-8-18(16(2)13-15)21(26)23-14-17-9-11-25(12-10-17)22-24-19-5-3-4-6-20(19)27-22/h3-8,13,17H,9-12,14H2,1-2H3,(H,23,26). The highest BCUT2D eigenvalue weighted by Gasteiger charge is 2.22. The van der Waals surface area contributed by atoms with Crippen molar-refractivity contribution in [1.29, 1.82) is 0 Å². The number of carbonyl (C=O) groups excluding carboxylic acids is 1. The molecule has 0 atom stereocenters. The van der Waals surface area contributed by atoms with E-state index in [1.165, 1.54) is 10.3 Å². The highest BCUT2D eigenvalue weighted by Crippen LogP contribution is 2.31. The Bertz CT molecular complexity index is 924. The molecule has 0 radical (unpaired) electrons. The fourth-order valence-corrected chi connectivity index (χ4v) is 4.74. The van der Waals surface area contributed by atoms with Gasteiger partial charge in [-0.3, -0.25) is 4.79 Å². The Hall–Kier alpha value is -2.40. The summed E-state index contributed by atoms with van der Waals surface area (Å²) in [4.78, 5) is 19.6. The molecule has 1 saturated heterocycles. The van der Waals surface area contributed by atoms with Crippen LogP contribution in [0, 0.1) is 19.8 Å². The molecule has 1 aliphatic heterocycles. The molecule has 3 aromatic rings. The van der Waals surface area contributed by atoms with Gasteiger partial charge in [-0.1, -0.05) is 41.2 Å². The number of carbonyl (C=O) groups is 1. The molecule has 1 N–H and O–H groups in total. The average molecular weight is 380 g/mol. The molecule has 0 aliphatic carbocycles. The van der Waals surface area contributed by atoms with E-state index in [4.69, 9.17) is 4.98 Å². The number of aromatic nitrogens is 1. The van der Waals surface area contributed by atoms with Crippen molar-refractivity contribution < 1.29 is 4.79 Å². The van der Waals surface area contributed by atoms with E-state index in [2.05, 4.69) is 34.5 Å². The smallest absolute Gasteiger partial charge is 0.251 e. The quantitative estimate of drug-likeness (QED) is 0.723. The van der Waals surface area contributed by atoms with E-state index in [-0.39, 0.29) is 5.91 Å². The molecule has 140 valence electrons. The van der Waals surface area contributed by atoms with E-state index in [1.54, 1.807) is 11.3 Å². The molecule has 1 aliphatic rings. The van der Waals surface area contributed by atoms with Crippen LogP contribution in [0.15, 0.2) is 42.5 Å². The average Bonchev–Trinajstić information content (AvgIpc) is 3.11. The van der Waals surface area contributed by atoms with Crippen LogP contribution < -0.4 is 10.2 Å². The predicted molar refractivity (Wildman–Crippen MR) is 113 cm³/mol. The van der Waals surface area contributed by atoms with Crippen LogP contribution in [0.4, 0.5) is 5.13 Å². The molecule has 1 aromatic heterocycles. The van der Waals surface area contributed by atoms with E-state index >= 15 is 0 Å². The van der Waals surface area contributed by atoms with Crippen LogP contribution in [0.1, 0.15) is 34.3 Å². The molecular weight excluding hydrogens is 354 g/mol. The second-order valence-corrected chi connectivity index (χ2v) is 8.43. The lowest BCUT2D eigenvalue weighted by atomic mass is 9.97. The number of thiazole rings is 1. The third-order valence-electron chi connectivity index (χ3n) is 5.35. The molecule has 4 nitrogen and oxygen atoms in total. The molecule has 0 bridgehead atoms. The Morgan fingerprint density at radius 1 is 1.19 bits per heavy atom. The van der Waals surface area contributed by atoms with Crippen molar-refractivity contribution in [3.63, 3.8) is 0 Å². The van der Waals surface area contributed by atoms with Crippen molar-refractivity contribution in [2.24, 2.45) is 5.92 Å². The molecular formula is C22H25N3OS. The number of amides is 1. The number of benzene rings is 2. The Labute approximate surface area is 164 Å². The molecule has 1 amide bonds. The van der Waals surface area contributed by atoms with Crippen molar-refractivity contribution in [3.8, 4) is 0 Å². The van der Waals surface area contributed by atoms with Gasteiger partial charge in [0.05, 0.1) is 10.2 Å². The summed E-state index contributed by atoms with van der Waals surface area (Å²) in [7, 11) is 0. The number of rotatable bonds is 4. The monoisotopic (exact) mass is 379 g/mol. The minimum Gasteiger partial charge on any atom is -0.352 e. The fourth-order valence-electron chi connectivity index (χ4n) is 3.72. The van der Waals surface area contributed by atoms with E-state index in [9.17, 15) is 4.79 Å². The van der Waals surface area contributed by atoms with Crippen LogP contribution in [0.5, 0.6) is 0 Å². The molecule has 27 heavy (non-hydrogen) atoms. The van der Waals surface area contributed by atoms with Crippen molar-refractivity contribution in [3.05, 3.63) is 59.2 Å². The van der Waals surface area contributed by atoms with E-state index in [0.29, 0.717) is 5.92 Å². The summed E-state index contributed by atoms with van der Waals surface area (Å²) in [5.41, 5.74) is 4.09. The Morgan fingerprint density at radius 2 is 1.96 bits per heavy atom. The minimum absolute atomic E-state index is 0.0427. The number of aryl methyl sites for hydroxylation is 2. The minimum atomic E-state index is 0.0427. The van der Waals surface area contributed by atoms with Crippen molar-refractivity contribution >= 4 is 32.6 Å². The van der Waals surface area contributed by atoms with Crippen molar-refractivity contribution in [2.45, 2.75) is 26.7 Å². The van der Waals surface area contributed by atoms with Crippen LogP contribution in [0.2, 0.25) is 0 Å². The zero-order chi connectivity index (χ0) is 18.8. The Kier molecular flexibility index (Phi) is 5.12. The van der Waals surface area contributed by atoms with Gasteiger partial charge < -0.3 is 10.2 Å². The summed E-state index contributed by atoms with van der Waals surface area (Å²) in [5.74, 6) is 0.575. The number of nitrogens with zero attached hydrogens (tertiary/aromatic N) is 2. The predicted octanol–water partition coefficient (Wildman–Crippen LogP) is 4.56. The lowest BCUT2D eigenvalue weighted by molar-refractivity contribution is 0.0944. The number of fused-ring (bicyclic) bond motifs is 1. The number of anilines is 1. The second kappa shape index (κ2) is 7.69. The van der Waals surface area contributed by atoms with Crippen LogP contribution in [-0.2, 0) is 0 Å². The van der Waals surface area contributed by atoms with Gasteiger partial charge in [0.2, 0.25) is 0 Å². The molecule has 0 unspecified atom stereocenters. The third kappa shape index (κ3) is 3.98. The summed E-state index contributed by atoms with van der Waals surface area (Å²) in [6, 6.07) is 14.3. The summed E-state index contributed by atoms with van der Waals surface area (Å²) >= 11 is 1.77. The fraction of sp³-hybridized carbons (Fsp3) is 0.364. The van der Waals surface area contributed by atoms with Gasteiger partial charge in [-0.05, 0) is 56.4 Å². The SMILES string of the molecule is Cc1ccc(C(=O)NCC2CCN(c3nc4ccccc4s3)CC2)c(C)c1. The summed E-state index contributed by atoms with van der Waals surface area (Å²) < 4.78 is 1.25. The first-order valence-corrected chi connectivity index (χ1v) is 10.4. The molecule has 2 heterocycles. The van der Waals surface area contributed by atoms with E-state index in [0.717, 1.165) is 54.3 Å². The largest absolute Gasteiger partial charge is 0.352 e. The normalized spacial score (nSPS) is 15.3. The lowest BCUT2D eigenvalue weighted by Crippen LogP contribution is -2.38. The van der Waals surface area contributed by atoms with Gasteiger partial charge in [-0.25, -0.2) is 4.98 Å². The van der Waals surface area contributed by atoms with E-state index < -0.39 is 0 Å². The number of piperidine rings is 1. The number of nitrogens with one attached hydrogen (secondary N) is 1. The summed E-state index contributed by atoms with van der Waals surface area (Å²) in [5, 5.41) is 4.25. The molecule has 1 fully saturated rings. The maximum absolute atomic E-state index is 12.5. The van der Waals surface area contributed by atoms with Gasteiger partial charge in [-0.2, -0.15) is 0 Å². The van der Waals surface area contributed by atoms with Gasteiger partial charge in [-0.15, -0.1) is 0 Å². The van der Waals surface area contributed by atoms with Gasteiger partial charge in [0.25, 0.3) is 5.91 Å². The number of hydrogen-bond acceptors (Lipinski definition) is 4. The highest BCUT2D eigenvalue weighted by molar-refractivity contribution is 7.22. The zero-order valence-electron chi connectivity index (χ0n) is 15.9. The van der Waals surface area contributed by atoms with Crippen molar-refractivity contribution in [2.75, 3.05) is 24.5 Å². The first-order chi connectivity index (χ1) is 13.1. The molecule has 0 saturated carbocycles. The zero-order valence-corrected chi connectivity index (χ0v) is 16.7. The number of hydrogen-bond donors (Lipinski definition) is 1. The Morgan fingerprint density at radius 3 is 2.70 bits per heavy atom. The highest BCUT2D eigenvalue weighted by atomic mass is 32.1. The molecule has 0 spiro atoms. The topological polar surface area (TPSA) is 45.2 Å². The number of para-hydroxylation sites is 1. The maximum Gasteiger partial charge on any atom is 0.251 e. The molecule has 4 rings (SSSR count). The Balaban J connectivity index is 1.31. The van der Waals surface area contributed by atoms with E-state index in [1.807, 2.05) is 32.0 Å². The van der Waals surface area contributed by atoms with Crippen molar-refractivity contribution in [1.82, 2.24) is 10.3 Å². The third-order valence-corrected chi connectivity index (χ3v) is 6.44. The van der Waals surface area contributed by atoms with Crippen LogP contribution in [0.3, 0.4) is 0 Å². The first kappa shape index (κ1) is 18.0. The van der Waals surface area contributed by atoms with Crippen LogP contribution in [-0.4, -0.2) is 30.5 Å². The lowest BCUT2D eigenvalue weighted by Gasteiger charge is -2.31. The van der Waals surface area contributed by atoms with Gasteiger partial charge >= 0.3 is 0 Å². The first-order valence-electron chi connectivity index (χ1n) is 9.56. The summed E-state index contributed by atoms with van der Waals surface area (Å²) in [6.45, 7) is 6.81. The maximum atomic E-state index is 12.5. The van der Waals surface area contributed by atoms with Gasteiger partial charge in [0.15, 0.2) is 5.13 Å². The summed E-state index contributed by atoms with van der Waals surface area (Å²) in [6.07, 6.45) is 2.17. The van der Waals surface area contributed by atoms with Crippen LogP contribution in [0.25, 0.3) is 10.2 Å². The second-order valence-electron chi connectivity index (χ2n) is 7.42. The van der Waals surface area contributed by atoms with Gasteiger partial charge in [0, 0.05) is 25.2 Å².